The fraction of sp³-hybridized carbons (Fsp3) is 0.105. The number of non-ortho nitro benzene ring substituents is 1. The minimum absolute atomic E-state index is 0.116. The number of thioether (sulfide) groups is 1. The highest BCUT2D eigenvalue weighted by molar-refractivity contribution is 8.27. The van der Waals surface area contributed by atoms with E-state index in [2.05, 4.69) is 0 Å². The molecule has 0 spiro atoms. The van der Waals surface area contributed by atoms with E-state index in [1.165, 1.54) is 58.7 Å². The lowest BCUT2D eigenvalue weighted by Gasteiger charge is -2.13. The van der Waals surface area contributed by atoms with Crippen LogP contribution >= 0.6 is 24.0 Å². The summed E-state index contributed by atoms with van der Waals surface area (Å²) in [6.45, 7) is 0. The van der Waals surface area contributed by atoms with Crippen LogP contribution in [-0.4, -0.2) is 29.2 Å². The minimum atomic E-state index is -0.593. The van der Waals surface area contributed by atoms with Gasteiger partial charge in [-0.2, -0.15) is 0 Å². The molecular formula is C19H13N5O6S2. The number of benzene rings is 2. The summed E-state index contributed by atoms with van der Waals surface area (Å²) < 4.78 is 2.79. The van der Waals surface area contributed by atoms with Crippen molar-refractivity contribution in [3.63, 3.8) is 0 Å². The number of thiocarbonyl (C=S) groups is 1. The van der Waals surface area contributed by atoms with E-state index in [1.807, 2.05) is 0 Å². The summed E-state index contributed by atoms with van der Waals surface area (Å²) in [6.07, 6.45) is 1.34. The van der Waals surface area contributed by atoms with Crippen LogP contribution < -0.4 is 10.6 Å². The van der Waals surface area contributed by atoms with Crippen molar-refractivity contribution in [2.45, 2.75) is 0 Å². The standard InChI is InChI=1S/C19H13N5O6S2/c1-20-14-6-10(13(24(29)30)9-15(14)21(2)18(20)26)7-16-17(25)22(19(31)32-16)11-4-3-5-12(8-11)23(27)28/h3-9H,1-2H3/b16-7+. The summed E-state index contributed by atoms with van der Waals surface area (Å²) in [5.74, 6) is -0.558. The van der Waals surface area contributed by atoms with Crippen LogP contribution in [0, 0.1) is 20.2 Å². The second kappa shape index (κ2) is 7.69. The Kier molecular flexibility index (Phi) is 5.14. The molecule has 162 valence electrons. The Morgan fingerprint density at radius 3 is 2.28 bits per heavy atom. The summed E-state index contributed by atoms with van der Waals surface area (Å²) in [7, 11) is 3.06. The number of nitrogens with zero attached hydrogens (tertiary/aromatic N) is 5. The van der Waals surface area contributed by atoms with Gasteiger partial charge in [0.05, 0.1) is 37.0 Å². The Morgan fingerprint density at radius 2 is 1.66 bits per heavy atom. The van der Waals surface area contributed by atoms with E-state index in [9.17, 15) is 29.8 Å². The topological polar surface area (TPSA) is 134 Å². The molecule has 0 radical (unpaired) electrons. The van der Waals surface area contributed by atoms with Crippen LogP contribution in [0.15, 0.2) is 46.1 Å². The summed E-state index contributed by atoms with van der Waals surface area (Å²) in [6, 6.07) is 8.21. The number of nitro benzene ring substituents is 2. The number of carbonyl (C=O) groups excluding carboxylic acids is 1. The van der Waals surface area contributed by atoms with E-state index in [0.717, 1.165) is 16.7 Å². The van der Waals surface area contributed by atoms with E-state index in [0.29, 0.717) is 11.0 Å². The molecule has 13 heteroatoms. The Labute approximate surface area is 188 Å². The number of rotatable bonds is 4. The van der Waals surface area contributed by atoms with Crippen LogP contribution in [-0.2, 0) is 18.9 Å². The Bertz CT molecular complexity index is 1450. The zero-order valence-electron chi connectivity index (χ0n) is 16.5. The third kappa shape index (κ3) is 3.36. The smallest absolute Gasteiger partial charge is 0.295 e. The van der Waals surface area contributed by atoms with Crippen LogP contribution in [0.2, 0.25) is 0 Å². The lowest BCUT2D eigenvalue weighted by molar-refractivity contribution is -0.385. The average molecular weight is 471 g/mol. The molecule has 0 bridgehead atoms. The second-order valence-corrected chi connectivity index (χ2v) is 8.53. The molecule has 0 saturated carbocycles. The van der Waals surface area contributed by atoms with Gasteiger partial charge in [-0.15, -0.1) is 0 Å². The summed E-state index contributed by atoms with van der Waals surface area (Å²) in [5, 5.41) is 22.7. The Morgan fingerprint density at radius 1 is 1.00 bits per heavy atom. The van der Waals surface area contributed by atoms with Crippen molar-refractivity contribution in [2.75, 3.05) is 4.90 Å². The highest BCUT2D eigenvalue weighted by Gasteiger charge is 2.34. The summed E-state index contributed by atoms with van der Waals surface area (Å²) in [5.41, 5.74) is 0.368. The third-order valence-electron chi connectivity index (χ3n) is 5.00. The van der Waals surface area contributed by atoms with Crippen molar-refractivity contribution in [1.82, 2.24) is 9.13 Å². The molecule has 0 atom stereocenters. The van der Waals surface area contributed by atoms with Crippen LogP contribution in [0.5, 0.6) is 0 Å². The quantitative estimate of drug-likeness (QED) is 0.245. The Hall–Kier alpha value is -3.84. The van der Waals surface area contributed by atoms with Gasteiger partial charge >= 0.3 is 5.69 Å². The van der Waals surface area contributed by atoms with E-state index in [1.54, 1.807) is 7.05 Å². The fourth-order valence-corrected chi connectivity index (χ4v) is 4.69. The molecule has 1 fully saturated rings. The van der Waals surface area contributed by atoms with Gasteiger partial charge in [0.1, 0.15) is 0 Å². The number of anilines is 1. The average Bonchev–Trinajstić information content (AvgIpc) is 3.14. The van der Waals surface area contributed by atoms with Crippen LogP contribution in [0.1, 0.15) is 5.56 Å². The van der Waals surface area contributed by atoms with Crippen molar-refractivity contribution in [1.29, 1.82) is 0 Å². The molecule has 3 aromatic rings. The van der Waals surface area contributed by atoms with Crippen LogP contribution in [0.25, 0.3) is 17.1 Å². The first-order valence-electron chi connectivity index (χ1n) is 8.96. The second-order valence-electron chi connectivity index (χ2n) is 6.85. The highest BCUT2D eigenvalue weighted by Crippen LogP contribution is 2.38. The van der Waals surface area contributed by atoms with Crippen molar-refractivity contribution >= 4 is 68.4 Å². The predicted octanol–water partition coefficient (Wildman–Crippen LogP) is 3.10. The predicted molar refractivity (Wildman–Crippen MR) is 124 cm³/mol. The number of aromatic nitrogens is 2. The molecule has 0 aliphatic carbocycles. The molecule has 4 rings (SSSR count). The normalized spacial score (nSPS) is 15.2. The maximum Gasteiger partial charge on any atom is 0.328 e. The number of hydrogen-bond acceptors (Lipinski definition) is 8. The lowest BCUT2D eigenvalue weighted by atomic mass is 10.1. The van der Waals surface area contributed by atoms with Crippen molar-refractivity contribution in [3.05, 3.63) is 77.6 Å². The summed E-state index contributed by atoms with van der Waals surface area (Å²) >= 11 is 6.21. The van der Waals surface area contributed by atoms with Gasteiger partial charge in [0, 0.05) is 32.3 Å². The van der Waals surface area contributed by atoms with Gasteiger partial charge < -0.3 is 0 Å². The third-order valence-corrected chi connectivity index (χ3v) is 6.30. The lowest BCUT2D eigenvalue weighted by Crippen LogP contribution is -2.27. The molecule has 1 aliphatic heterocycles. The minimum Gasteiger partial charge on any atom is -0.295 e. The molecule has 11 nitrogen and oxygen atoms in total. The van der Waals surface area contributed by atoms with Crippen molar-refractivity contribution in [2.24, 2.45) is 14.1 Å². The Balaban J connectivity index is 1.82. The first-order valence-corrected chi connectivity index (χ1v) is 10.2. The zero-order chi connectivity index (χ0) is 23.3. The first kappa shape index (κ1) is 21.4. The molecule has 1 amide bonds. The fourth-order valence-electron chi connectivity index (χ4n) is 3.40. The molecule has 2 aromatic carbocycles. The highest BCUT2D eigenvalue weighted by atomic mass is 32.2. The molecule has 0 N–H and O–H groups in total. The maximum absolute atomic E-state index is 13.0. The van der Waals surface area contributed by atoms with Gasteiger partial charge in [-0.1, -0.05) is 30.0 Å². The largest absolute Gasteiger partial charge is 0.328 e. The van der Waals surface area contributed by atoms with Gasteiger partial charge in [-0.3, -0.25) is 39.1 Å². The molecule has 0 unspecified atom stereocenters. The SMILES string of the molecule is Cn1c(=O)n(C)c2cc([N+](=O)[O-])c(/C=C3/SC(=S)N(c4cccc([N+](=O)[O-])c4)C3=O)cc21. The van der Waals surface area contributed by atoms with Gasteiger partial charge in [0.25, 0.3) is 17.3 Å². The number of amides is 1. The molecule has 1 aromatic heterocycles. The van der Waals surface area contributed by atoms with Crippen LogP contribution in [0.4, 0.5) is 17.1 Å². The molecule has 2 heterocycles. The molecule has 1 saturated heterocycles. The number of nitro groups is 2. The zero-order valence-corrected chi connectivity index (χ0v) is 18.2. The van der Waals surface area contributed by atoms with Crippen LogP contribution in [0.3, 0.4) is 0 Å². The first-order chi connectivity index (χ1) is 15.1. The van der Waals surface area contributed by atoms with Crippen molar-refractivity contribution < 1.29 is 14.6 Å². The van der Waals surface area contributed by atoms with E-state index >= 15 is 0 Å². The number of fused-ring (bicyclic) bond motifs is 1. The van der Waals surface area contributed by atoms with Crippen molar-refractivity contribution in [3.8, 4) is 0 Å². The van der Waals surface area contributed by atoms with Gasteiger partial charge in [0.15, 0.2) is 4.32 Å². The maximum atomic E-state index is 13.0. The number of imidazole rings is 1. The number of carbonyl (C=O) groups is 1. The van der Waals surface area contributed by atoms with E-state index < -0.39 is 15.8 Å². The van der Waals surface area contributed by atoms with Gasteiger partial charge in [-0.25, -0.2) is 4.79 Å². The monoisotopic (exact) mass is 471 g/mol. The molecule has 1 aliphatic rings. The number of hydrogen-bond donors (Lipinski definition) is 0. The molecular weight excluding hydrogens is 458 g/mol. The van der Waals surface area contributed by atoms with Gasteiger partial charge in [0.2, 0.25) is 0 Å². The van der Waals surface area contributed by atoms with Gasteiger partial charge in [-0.05, 0) is 18.2 Å². The molecule has 32 heavy (non-hydrogen) atoms. The van der Waals surface area contributed by atoms with E-state index in [4.69, 9.17) is 12.2 Å². The summed E-state index contributed by atoms with van der Waals surface area (Å²) in [4.78, 5) is 48.0. The van der Waals surface area contributed by atoms with E-state index in [-0.39, 0.29) is 37.5 Å². The number of aryl methyl sites for hydroxylation is 2.